The zero-order chi connectivity index (χ0) is 21.5. The zero-order valence-corrected chi connectivity index (χ0v) is 18.2. The minimum atomic E-state index is -0.199. The van der Waals surface area contributed by atoms with Crippen molar-refractivity contribution in [3.05, 3.63) is 108 Å². The number of carbonyl (C=O) groups is 1. The monoisotopic (exact) mass is 413 g/mol. The second kappa shape index (κ2) is 10.3. The quantitative estimate of drug-likeness (QED) is 0.476. The molecule has 1 saturated heterocycles. The Morgan fingerprint density at radius 2 is 1.29 bits per heavy atom. The molecule has 0 N–H and O–H groups in total. The molecule has 1 fully saturated rings. The van der Waals surface area contributed by atoms with Crippen LogP contribution in [0.3, 0.4) is 0 Å². The summed E-state index contributed by atoms with van der Waals surface area (Å²) in [5.41, 5.74) is 3.65. The highest BCUT2D eigenvalue weighted by molar-refractivity contribution is 5.68. The molecule has 0 bridgehead atoms. The van der Waals surface area contributed by atoms with Gasteiger partial charge in [0.05, 0.1) is 0 Å². The Bertz CT molecular complexity index is 943. The maximum absolute atomic E-state index is 13.2. The van der Waals surface area contributed by atoms with Crippen molar-refractivity contribution in [1.29, 1.82) is 0 Å². The number of carbonyl (C=O) groups excluding carboxylic acids is 1. The summed E-state index contributed by atoms with van der Waals surface area (Å²) >= 11 is 0. The van der Waals surface area contributed by atoms with Gasteiger partial charge in [-0.3, -0.25) is 0 Å². The van der Waals surface area contributed by atoms with E-state index in [9.17, 15) is 4.79 Å². The third-order valence-corrected chi connectivity index (χ3v) is 6.25. The van der Waals surface area contributed by atoms with Gasteiger partial charge in [-0.1, -0.05) is 91.0 Å². The fourth-order valence-electron chi connectivity index (χ4n) is 4.86. The van der Waals surface area contributed by atoms with E-state index in [1.165, 1.54) is 11.1 Å². The molecule has 0 unspecified atom stereocenters. The van der Waals surface area contributed by atoms with Crippen LogP contribution in [0.15, 0.2) is 91.0 Å². The Morgan fingerprint density at radius 3 is 1.87 bits per heavy atom. The van der Waals surface area contributed by atoms with E-state index in [1.807, 2.05) is 41.3 Å². The normalized spacial score (nSPS) is 20.9. The summed E-state index contributed by atoms with van der Waals surface area (Å²) in [4.78, 5) is 15.1. The van der Waals surface area contributed by atoms with E-state index in [0.717, 1.165) is 31.2 Å². The fraction of sp³-hybridized carbons (Fsp3) is 0.321. The third-order valence-electron chi connectivity index (χ3n) is 6.25. The predicted octanol–water partition coefficient (Wildman–Crippen LogP) is 6.28. The van der Waals surface area contributed by atoms with Gasteiger partial charge in [-0.2, -0.15) is 0 Å². The number of nitrogens with zero attached hydrogens (tertiary/aromatic N) is 1. The van der Waals surface area contributed by atoms with Gasteiger partial charge in [-0.15, -0.1) is 0 Å². The van der Waals surface area contributed by atoms with Gasteiger partial charge in [0.1, 0.15) is 6.61 Å². The minimum absolute atomic E-state index is 0.142. The number of benzene rings is 3. The lowest BCUT2D eigenvalue weighted by molar-refractivity contribution is 0.0318. The number of likely N-dealkylation sites (tertiary alicyclic amines) is 1. The molecular weight excluding hydrogens is 382 g/mol. The van der Waals surface area contributed by atoms with Crippen molar-refractivity contribution < 1.29 is 9.53 Å². The summed E-state index contributed by atoms with van der Waals surface area (Å²) in [5.74, 6) is 0.560. The van der Waals surface area contributed by atoms with Crippen molar-refractivity contribution in [2.75, 3.05) is 0 Å². The van der Waals surface area contributed by atoms with E-state index < -0.39 is 0 Å². The summed E-state index contributed by atoms with van der Waals surface area (Å²) in [6, 6.07) is 31.4. The van der Waals surface area contributed by atoms with Gasteiger partial charge in [-0.05, 0) is 55.2 Å². The maximum atomic E-state index is 13.2. The lowest BCUT2D eigenvalue weighted by Crippen LogP contribution is -2.52. The molecule has 1 amide bonds. The van der Waals surface area contributed by atoms with Crippen molar-refractivity contribution in [2.45, 2.75) is 51.3 Å². The van der Waals surface area contributed by atoms with Crippen LogP contribution >= 0.6 is 0 Å². The van der Waals surface area contributed by atoms with Crippen LogP contribution in [0, 0.1) is 5.92 Å². The first-order valence-electron chi connectivity index (χ1n) is 11.3. The number of ether oxygens (including phenoxy) is 1. The first kappa shape index (κ1) is 21.2. The van der Waals surface area contributed by atoms with Crippen LogP contribution in [0.25, 0.3) is 0 Å². The smallest absolute Gasteiger partial charge is 0.410 e. The molecule has 3 atom stereocenters. The van der Waals surface area contributed by atoms with E-state index in [1.54, 1.807) is 0 Å². The van der Waals surface area contributed by atoms with Crippen LogP contribution in [0.2, 0.25) is 0 Å². The second-order valence-corrected chi connectivity index (χ2v) is 8.67. The number of hydrogen-bond acceptors (Lipinski definition) is 2. The second-order valence-electron chi connectivity index (χ2n) is 8.67. The molecular formula is C28H31NO2. The number of hydrogen-bond donors (Lipinski definition) is 0. The first-order chi connectivity index (χ1) is 15.2. The summed E-state index contributed by atoms with van der Waals surface area (Å²) in [7, 11) is 0. The van der Waals surface area contributed by atoms with Crippen LogP contribution < -0.4 is 0 Å². The molecule has 0 aliphatic carbocycles. The van der Waals surface area contributed by atoms with Gasteiger partial charge in [0.25, 0.3) is 0 Å². The molecule has 1 aliphatic heterocycles. The third kappa shape index (κ3) is 5.75. The van der Waals surface area contributed by atoms with Crippen molar-refractivity contribution in [3.63, 3.8) is 0 Å². The van der Waals surface area contributed by atoms with E-state index in [-0.39, 0.29) is 18.2 Å². The molecule has 1 aliphatic rings. The van der Waals surface area contributed by atoms with Crippen molar-refractivity contribution >= 4 is 6.09 Å². The summed E-state index contributed by atoms with van der Waals surface area (Å²) in [6.45, 7) is 2.48. The van der Waals surface area contributed by atoms with Crippen molar-refractivity contribution in [3.8, 4) is 0 Å². The van der Waals surface area contributed by atoms with Crippen LogP contribution in [0.4, 0.5) is 4.79 Å². The predicted molar refractivity (Wildman–Crippen MR) is 125 cm³/mol. The van der Waals surface area contributed by atoms with Gasteiger partial charge >= 0.3 is 6.09 Å². The van der Waals surface area contributed by atoms with Crippen LogP contribution in [-0.2, 0) is 24.2 Å². The molecule has 160 valence electrons. The van der Waals surface area contributed by atoms with Gasteiger partial charge in [0, 0.05) is 12.1 Å². The van der Waals surface area contributed by atoms with Gasteiger partial charge in [-0.25, -0.2) is 4.79 Å². The Labute approximate surface area is 185 Å². The molecule has 0 spiro atoms. The molecule has 3 nitrogen and oxygen atoms in total. The van der Waals surface area contributed by atoms with Gasteiger partial charge in [0.2, 0.25) is 0 Å². The molecule has 0 radical (unpaired) electrons. The van der Waals surface area contributed by atoms with Crippen LogP contribution in [-0.4, -0.2) is 23.1 Å². The largest absolute Gasteiger partial charge is 0.445 e. The lowest BCUT2D eigenvalue weighted by Gasteiger charge is -2.43. The lowest BCUT2D eigenvalue weighted by atomic mass is 9.81. The number of piperidine rings is 1. The highest BCUT2D eigenvalue weighted by Crippen LogP contribution is 2.32. The van der Waals surface area contributed by atoms with Gasteiger partial charge < -0.3 is 9.64 Å². The van der Waals surface area contributed by atoms with E-state index in [0.29, 0.717) is 12.5 Å². The van der Waals surface area contributed by atoms with Crippen LogP contribution in [0.5, 0.6) is 0 Å². The Balaban J connectivity index is 1.48. The molecule has 0 aromatic heterocycles. The van der Waals surface area contributed by atoms with E-state index >= 15 is 0 Å². The van der Waals surface area contributed by atoms with E-state index in [4.69, 9.17) is 4.74 Å². The number of rotatable bonds is 6. The standard InChI is InChI=1S/C28H31NO2/c1-22-17-26(18-23-11-5-2-6-12-23)20-27(19-24-13-7-3-8-14-24)29(22)28(30)31-21-25-15-9-4-10-16-25/h2-16,22,26-27H,17-21H2,1H3/t22-,26-,27+/m1/s1. The first-order valence-corrected chi connectivity index (χ1v) is 11.3. The van der Waals surface area contributed by atoms with E-state index in [2.05, 4.69) is 61.5 Å². The SMILES string of the molecule is C[C@@H]1C[C@H](Cc2ccccc2)C[C@H](Cc2ccccc2)N1C(=O)OCc1ccccc1. The molecule has 1 heterocycles. The highest BCUT2D eigenvalue weighted by Gasteiger charge is 2.37. The Kier molecular flexibility index (Phi) is 7.03. The fourth-order valence-corrected chi connectivity index (χ4v) is 4.86. The molecule has 3 aromatic rings. The molecule has 4 rings (SSSR count). The molecule has 3 aromatic carbocycles. The number of amides is 1. The van der Waals surface area contributed by atoms with Crippen molar-refractivity contribution in [1.82, 2.24) is 4.90 Å². The molecule has 31 heavy (non-hydrogen) atoms. The summed E-state index contributed by atoms with van der Waals surface area (Å²) in [5, 5.41) is 0. The topological polar surface area (TPSA) is 29.5 Å². The summed E-state index contributed by atoms with van der Waals surface area (Å²) < 4.78 is 5.75. The molecule has 3 heteroatoms. The zero-order valence-electron chi connectivity index (χ0n) is 18.2. The van der Waals surface area contributed by atoms with Crippen LogP contribution in [0.1, 0.15) is 36.5 Å². The highest BCUT2D eigenvalue weighted by atomic mass is 16.6. The molecule has 0 saturated carbocycles. The Hall–Kier alpha value is -3.07. The average molecular weight is 414 g/mol. The van der Waals surface area contributed by atoms with Gasteiger partial charge in [0.15, 0.2) is 0 Å². The van der Waals surface area contributed by atoms with Crippen molar-refractivity contribution in [2.24, 2.45) is 5.92 Å². The Morgan fingerprint density at radius 1 is 0.774 bits per heavy atom. The average Bonchev–Trinajstić information content (AvgIpc) is 2.79. The minimum Gasteiger partial charge on any atom is -0.445 e. The summed E-state index contributed by atoms with van der Waals surface area (Å²) in [6.07, 6.45) is 3.71. The maximum Gasteiger partial charge on any atom is 0.410 e.